The van der Waals surface area contributed by atoms with Crippen molar-refractivity contribution in [3.8, 4) is 0 Å². The van der Waals surface area contributed by atoms with Crippen LogP contribution in [0.5, 0.6) is 0 Å². The molecule has 1 aliphatic heterocycles. The highest BCUT2D eigenvalue weighted by atomic mass is 16.6. The van der Waals surface area contributed by atoms with Gasteiger partial charge >= 0.3 is 11.9 Å². The van der Waals surface area contributed by atoms with Crippen LogP contribution in [-0.4, -0.2) is 22.6 Å². The fraction of sp³-hybridized carbons (Fsp3) is 0.714. The van der Waals surface area contributed by atoms with E-state index in [4.69, 9.17) is 0 Å². The second-order valence-electron chi connectivity index (χ2n) is 2.82. The van der Waals surface area contributed by atoms with Crippen molar-refractivity contribution < 1.29 is 19.4 Å². The van der Waals surface area contributed by atoms with E-state index in [1.54, 1.807) is 6.92 Å². The summed E-state index contributed by atoms with van der Waals surface area (Å²) in [5, 5.41) is 9.40. The first-order chi connectivity index (χ1) is 5.00. The number of ether oxygens (including phenoxy) is 1. The first-order valence-corrected chi connectivity index (χ1v) is 3.48. The second kappa shape index (κ2) is 2.30. The van der Waals surface area contributed by atoms with E-state index < -0.39 is 23.5 Å². The number of hydrogen-bond acceptors (Lipinski definition) is 4. The molecular weight excluding hydrogens is 148 g/mol. The number of aliphatic hydroxyl groups is 1. The molecule has 0 bridgehead atoms. The minimum atomic E-state index is -1.62. The van der Waals surface area contributed by atoms with Gasteiger partial charge in [-0.1, -0.05) is 6.92 Å². The fourth-order valence-corrected chi connectivity index (χ4v) is 1.20. The van der Waals surface area contributed by atoms with Gasteiger partial charge in [-0.15, -0.1) is 0 Å². The molecule has 1 fully saturated rings. The lowest BCUT2D eigenvalue weighted by molar-refractivity contribution is -0.157. The summed E-state index contributed by atoms with van der Waals surface area (Å²) in [6, 6.07) is 0. The van der Waals surface area contributed by atoms with Crippen molar-refractivity contribution in [2.45, 2.75) is 25.9 Å². The van der Waals surface area contributed by atoms with E-state index in [1.807, 2.05) is 0 Å². The summed E-state index contributed by atoms with van der Waals surface area (Å²) in [5.74, 6) is -2.16. The molecule has 11 heavy (non-hydrogen) atoms. The Labute approximate surface area is 64.2 Å². The van der Waals surface area contributed by atoms with E-state index in [-0.39, 0.29) is 0 Å². The number of cyclic esters (lactones) is 2. The lowest BCUT2D eigenvalue weighted by Crippen LogP contribution is -2.37. The van der Waals surface area contributed by atoms with Gasteiger partial charge in [0.25, 0.3) is 0 Å². The van der Waals surface area contributed by atoms with Crippen molar-refractivity contribution in [3.05, 3.63) is 0 Å². The number of carbonyl (C=O) groups excluding carboxylic acids is 2. The molecule has 4 heteroatoms. The van der Waals surface area contributed by atoms with Crippen LogP contribution in [-0.2, 0) is 14.3 Å². The number of hydrogen-bond donors (Lipinski definition) is 1. The van der Waals surface area contributed by atoms with Gasteiger partial charge in [0.2, 0.25) is 0 Å². The van der Waals surface area contributed by atoms with E-state index in [9.17, 15) is 14.7 Å². The highest BCUT2D eigenvalue weighted by molar-refractivity contribution is 6.00. The summed E-state index contributed by atoms with van der Waals surface area (Å²) in [6.07, 6.45) is 0.414. The van der Waals surface area contributed by atoms with Crippen LogP contribution in [0.1, 0.15) is 20.3 Å². The van der Waals surface area contributed by atoms with Gasteiger partial charge in [-0.05, 0) is 13.3 Å². The highest BCUT2D eigenvalue weighted by Gasteiger charge is 2.52. The van der Waals surface area contributed by atoms with Crippen molar-refractivity contribution in [1.29, 1.82) is 0 Å². The Bertz CT molecular complexity index is 206. The number of rotatable bonds is 1. The molecule has 2 unspecified atom stereocenters. The third-order valence-electron chi connectivity index (χ3n) is 1.98. The predicted octanol–water partition coefficient (Wildman–Crippen LogP) is -0.153. The van der Waals surface area contributed by atoms with E-state index >= 15 is 0 Å². The van der Waals surface area contributed by atoms with Gasteiger partial charge in [0.1, 0.15) is 0 Å². The first kappa shape index (κ1) is 8.20. The fourth-order valence-electron chi connectivity index (χ4n) is 1.20. The van der Waals surface area contributed by atoms with Crippen LogP contribution in [0.25, 0.3) is 0 Å². The Balaban J connectivity index is 2.93. The van der Waals surface area contributed by atoms with Crippen molar-refractivity contribution in [1.82, 2.24) is 0 Å². The molecule has 1 saturated heterocycles. The van der Waals surface area contributed by atoms with Crippen LogP contribution in [0, 0.1) is 5.92 Å². The standard InChI is InChI=1S/C7H10O4/c1-3-4-5(8)11-6(9)7(4,2)10/h4,10H,3H2,1-2H3. The second-order valence-corrected chi connectivity index (χ2v) is 2.82. The van der Waals surface area contributed by atoms with E-state index in [0.29, 0.717) is 6.42 Å². The molecule has 0 aromatic heterocycles. The average Bonchev–Trinajstić information content (AvgIpc) is 2.04. The molecule has 4 nitrogen and oxygen atoms in total. The van der Waals surface area contributed by atoms with Crippen molar-refractivity contribution in [3.63, 3.8) is 0 Å². The van der Waals surface area contributed by atoms with Crippen LogP contribution in [0.2, 0.25) is 0 Å². The third-order valence-corrected chi connectivity index (χ3v) is 1.98. The summed E-state index contributed by atoms with van der Waals surface area (Å²) in [7, 11) is 0. The van der Waals surface area contributed by atoms with Crippen LogP contribution in [0.3, 0.4) is 0 Å². The summed E-state index contributed by atoms with van der Waals surface area (Å²) >= 11 is 0. The molecule has 1 aliphatic rings. The highest BCUT2D eigenvalue weighted by Crippen LogP contribution is 2.29. The monoisotopic (exact) mass is 158 g/mol. The smallest absolute Gasteiger partial charge is 0.346 e. The lowest BCUT2D eigenvalue weighted by Gasteiger charge is -2.15. The molecule has 62 valence electrons. The lowest BCUT2D eigenvalue weighted by atomic mass is 9.90. The zero-order chi connectivity index (χ0) is 8.65. The molecule has 1 N–H and O–H groups in total. The van der Waals surface area contributed by atoms with Crippen LogP contribution < -0.4 is 0 Å². The largest absolute Gasteiger partial charge is 0.391 e. The summed E-state index contributed by atoms with van der Waals surface area (Å²) in [6.45, 7) is 3.02. The minimum absolute atomic E-state index is 0.414. The number of esters is 2. The third kappa shape index (κ3) is 1.03. The molecule has 0 aliphatic carbocycles. The maximum Gasteiger partial charge on any atom is 0.346 e. The van der Waals surface area contributed by atoms with Gasteiger partial charge in [-0.25, -0.2) is 4.79 Å². The molecule has 0 radical (unpaired) electrons. The number of carbonyl (C=O) groups is 2. The summed E-state index contributed by atoms with van der Waals surface area (Å²) in [4.78, 5) is 21.6. The summed E-state index contributed by atoms with van der Waals surface area (Å²) in [5.41, 5.74) is -1.62. The Kier molecular flexibility index (Phi) is 1.72. The zero-order valence-electron chi connectivity index (χ0n) is 6.46. The quantitative estimate of drug-likeness (QED) is 0.425. The van der Waals surface area contributed by atoms with Crippen molar-refractivity contribution in [2.24, 2.45) is 5.92 Å². The van der Waals surface area contributed by atoms with Gasteiger partial charge in [0.05, 0.1) is 5.92 Å². The van der Waals surface area contributed by atoms with E-state index in [2.05, 4.69) is 4.74 Å². The van der Waals surface area contributed by atoms with Crippen molar-refractivity contribution in [2.75, 3.05) is 0 Å². The Morgan fingerprint density at radius 1 is 1.64 bits per heavy atom. The molecule has 0 saturated carbocycles. The predicted molar refractivity (Wildman–Crippen MR) is 35.5 cm³/mol. The van der Waals surface area contributed by atoms with Crippen LogP contribution in [0.15, 0.2) is 0 Å². The molecule has 1 heterocycles. The molecular formula is C7H10O4. The Hall–Kier alpha value is -0.900. The molecule has 1 rings (SSSR count). The van der Waals surface area contributed by atoms with Crippen LogP contribution >= 0.6 is 0 Å². The van der Waals surface area contributed by atoms with Crippen LogP contribution in [0.4, 0.5) is 0 Å². The van der Waals surface area contributed by atoms with Gasteiger partial charge < -0.3 is 9.84 Å². The molecule has 0 spiro atoms. The molecule has 0 aromatic rings. The van der Waals surface area contributed by atoms with E-state index in [0.717, 1.165) is 0 Å². The zero-order valence-corrected chi connectivity index (χ0v) is 6.46. The van der Waals surface area contributed by atoms with Gasteiger partial charge in [-0.3, -0.25) is 4.79 Å². The van der Waals surface area contributed by atoms with E-state index in [1.165, 1.54) is 6.92 Å². The maximum atomic E-state index is 10.8. The summed E-state index contributed by atoms with van der Waals surface area (Å²) < 4.78 is 4.25. The Morgan fingerprint density at radius 2 is 2.18 bits per heavy atom. The van der Waals surface area contributed by atoms with Gasteiger partial charge in [0, 0.05) is 0 Å². The molecule has 0 aromatic carbocycles. The average molecular weight is 158 g/mol. The maximum absolute atomic E-state index is 10.8. The minimum Gasteiger partial charge on any atom is -0.391 e. The molecule has 2 atom stereocenters. The first-order valence-electron chi connectivity index (χ1n) is 3.48. The van der Waals surface area contributed by atoms with Gasteiger partial charge in [-0.2, -0.15) is 0 Å². The van der Waals surface area contributed by atoms with Crippen molar-refractivity contribution >= 4 is 11.9 Å². The van der Waals surface area contributed by atoms with Gasteiger partial charge in [0.15, 0.2) is 5.60 Å². The molecule has 0 amide bonds. The SMILES string of the molecule is CCC1C(=O)OC(=O)C1(C)O. The topological polar surface area (TPSA) is 63.6 Å². The Morgan fingerprint density at radius 3 is 2.36 bits per heavy atom. The normalized spacial score (nSPS) is 37.5.